The van der Waals surface area contributed by atoms with Crippen molar-refractivity contribution in [1.82, 2.24) is 4.90 Å². The quantitative estimate of drug-likeness (QED) is 0.907. The summed E-state index contributed by atoms with van der Waals surface area (Å²) in [6.07, 6.45) is 3.41. The number of carbonyl (C=O) groups is 1. The first-order valence-corrected chi connectivity index (χ1v) is 7.44. The lowest BCUT2D eigenvalue weighted by Gasteiger charge is -2.39. The second-order valence-corrected chi connectivity index (χ2v) is 5.81. The smallest absolute Gasteiger partial charge is 0.253 e. The van der Waals surface area contributed by atoms with Gasteiger partial charge in [-0.2, -0.15) is 0 Å². The van der Waals surface area contributed by atoms with Crippen LogP contribution in [0.4, 0.5) is 0 Å². The molecule has 1 aromatic carbocycles. The van der Waals surface area contributed by atoms with Crippen molar-refractivity contribution in [3.8, 4) is 5.75 Å². The van der Waals surface area contributed by atoms with Crippen LogP contribution in [-0.4, -0.2) is 48.0 Å². The van der Waals surface area contributed by atoms with Crippen LogP contribution in [0.15, 0.2) is 24.3 Å². The minimum atomic E-state index is -0.397. The predicted molar refractivity (Wildman–Crippen MR) is 77.1 cm³/mol. The number of carbonyl (C=O) groups excluding carboxylic acids is 1. The second-order valence-electron chi connectivity index (χ2n) is 5.81. The number of phenols is 1. The van der Waals surface area contributed by atoms with E-state index in [1.807, 2.05) is 7.05 Å². The Morgan fingerprint density at radius 1 is 1.29 bits per heavy atom. The zero-order chi connectivity index (χ0) is 14.9. The third-order valence-electron chi connectivity index (χ3n) is 4.49. The SMILES string of the molecule is CN(C(=O)c1cccc(O)c1)C1CCC2(CC1)OCCO2. The molecule has 5 heteroatoms. The van der Waals surface area contributed by atoms with E-state index in [0.29, 0.717) is 18.8 Å². The molecule has 0 atom stereocenters. The van der Waals surface area contributed by atoms with Crippen LogP contribution in [0.3, 0.4) is 0 Å². The van der Waals surface area contributed by atoms with Gasteiger partial charge in [-0.3, -0.25) is 4.79 Å². The molecule has 1 amide bonds. The van der Waals surface area contributed by atoms with Gasteiger partial charge in [-0.05, 0) is 31.0 Å². The lowest BCUT2D eigenvalue weighted by Crippen LogP contribution is -2.44. The van der Waals surface area contributed by atoms with Crippen molar-refractivity contribution in [1.29, 1.82) is 0 Å². The highest BCUT2D eigenvalue weighted by molar-refractivity contribution is 5.94. The number of amides is 1. The van der Waals surface area contributed by atoms with E-state index in [9.17, 15) is 9.90 Å². The number of phenolic OH excluding ortho intramolecular Hbond substituents is 1. The molecule has 2 fully saturated rings. The number of ether oxygens (including phenoxy) is 2. The summed E-state index contributed by atoms with van der Waals surface area (Å²) >= 11 is 0. The Bertz CT molecular complexity index is 515. The highest BCUT2D eigenvalue weighted by Crippen LogP contribution is 2.37. The van der Waals surface area contributed by atoms with E-state index < -0.39 is 5.79 Å². The average molecular weight is 291 g/mol. The van der Waals surface area contributed by atoms with E-state index in [2.05, 4.69) is 0 Å². The minimum absolute atomic E-state index is 0.0555. The highest BCUT2D eigenvalue weighted by Gasteiger charge is 2.41. The summed E-state index contributed by atoms with van der Waals surface area (Å²) in [4.78, 5) is 14.2. The topological polar surface area (TPSA) is 59.0 Å². The number of hydrogen-bond acceptors (Lipinski definition) is 4. The molecule has 5 nitrogen and oxygen atoms in total. The van der Waals surface area contributed by atoms with E-state index in [1.54, 1.807) is 23.1 Å². The minimum Gasteiger partial charge on any atom is -0.508 e. The van der Waals surface area contributed by atoms with Gasteiger partial charge in [-0.25, -0.2) is 0 Å². The van der Waals surface area contributed by atoms with Crippen LogP contribution in [0, 0.1) is 0 Å². The van der Waals surface area contributed by atoms with Gasteiger partial charge in [-0.15, -0.1) is 0 Å². The van der Waals surface area contributed by atoms with E-state index >= 15 is 0 Å². The van der Waals surface area contributed by atoms with Gasteiger partial charge in [-0.1, -0.05) is 6.07 Å². The Hall–Kier alpha value is -1.59. The van der Waals surface area contributed by atoms with Gasteiger partial charge < -0.3 is 19.5 Å². The fourth-order valence-electron chi connectivity index (χ4n) is 3.22. The van der Waals surface area contributed by atoms with Crippen LogP contribution in [0.1, 0.15) is 36.0 Å². The normalized spacial score (nSPS) is 21.6. The number of rotatable bonds is 2. The fraction of sp³-hybridized carbons (Fsp3) is 0.562. The molecule has 1 N–H and O–H groups in total. The molecule has 0 unspecified atom stereocenters. The molecule has 2 aliphatic rings. The zero-order valence-electron chi connectivity index (χ0n) is 12.2. The van der Waals surface area contributed by atoms with Crippen LogP contribution in [0.25, 0.3) is 0 Å². The summed E-state index contributed by atoms with van der Waals surface area (Å²) < 4.78 is 11.4. The van der Waals surface area contributed by atoms with Crippen molar-refractivity contribution in [2.24, 2.45) is 0 Å². The molecule has 1 aromatic rings. The molecule has 0 aromatic heterocycles. The molecule has 1 saturated heterocycles. The van der Waals surface area contributed by atoms with Crippen LogP contribution in [0.5, 0.6) is 5.75 Å². The molecule has 114 valence electrons. The number of hydrogen-bond donors (Lipinski definition) is 1. The average Bonchev–Trinajstić information content (AvgIpc) is 2.95. The Morgan fingerprint density at radius 3 is 2.57 bits per heavy atom. The van der Waals surface area contributed by atoms with Gasteiger partial charge in [0.25, 0.3) is 5.91 Å². The number of benzene rings is 1. The third-order valence-corrected chi connectivity index (χ3v) is 4.49. The Balaban J connectivity index is 1.63. The van der Waals surface area contributed by atoms with Crippen LogP contribution < -0.4 is 0 Å². The van der Waals surface area contributed by atoms with E-state index in [-0.39, 0.29) is 17.7 Å². The predicted octanol–water partition coefficient (Wildman–Crippen LogP) is 2.15. The first kappa shape index (κ1) is 14.4. The van der Waals surface area contributed by atoms with Crippen molar-refractivity contribution >= 4 is 5.91 Å². The summed E-state index contributed by atoms with van der Waals surface area (Å²) in [5, 5.41) is 9.49. The van der Waals surface area contributed by atoms with Crippen LogP contribution in [-0.2, 0) is 9.47 Å². The Morgan fingerprint density at radius 2 is 1.95 bits per heavy atom. The molecular weight excluding hydrogens is 270 g/mol. The van der Waals surface area contributed by atoms with Crippen molar-refractivity contribution < 1.29 is 19.4 Å². The van der Waals surface area contributed by atoms with Gasteiger partial charge in [0.15, 0.2) is 5.79 Å². The van der Waals surface area contributed by atoms with Crippen molar-refractivity contribution in [3.05, 3.63) is 29.8 Å². The maximum Gasteiger partial charge on any atom is 0.253 e. The van der Waals surface area contributed by atoms with Crippen molar-refractivity contribution in [2.75, 3.05) is 20.3 Å². The van der Waals surface area contributed by atoms with Crippen LogP contribution in [0.2, 0.25) is 0 Å². The van der Waals surface area contributed by atoms with Gasteiger partial charge in [0.1, 0.15) is 5.75 Å². The van der Waals surface area contributed by atoms with Gasteiger partial charge >= 0.3 is 0 Å². The molecule has 21 heavy (non-hydrogen) atoms. The summed E-state index contributed by atoms with van der Waals surface area (Å²) in [6.45, 7) is 1.34. The lowest BCUT2D eigenvalue weighted by molar-refractivity contribution is -0.182. The lowest BCUT2D eigenvalue weighted by atomic mass is 9.89. The molecular formula is C16H21NO4. The van der Waals surface area contributed by atoms with E-state index in [1.165, 1.54) is 6.07 Å². The first-order chi connectivity index (χ1) is 10.1. The fourth-order valence-corrected chi connectivity index (χ4v) is 3.22. The summed E-state index contributed by atoms with van der Waals surface area (Å²) in [5.74, 6) is -0.338. The molecule has 1 spiro atoms. The van der Waals surface area contributed by atoms with Gasteiger partial charge in [0.2, 0.25) is 0 Å². The maximum atomic E-state index is 12.5. The monoisotopic (exact) mass is 291 g/mol. The zero-order valence-corrected chi connectivity index (χ0v) is 12.2. The molecule has 3 rings (SSSR count). The van der Waals surface area contributed by atoms with Gasteiger partial charge in [0.05, 0.1) is 13.2 Å². The first-order valence-electron chi connectivity index (χ1n) is 7.44. The third kappa shape index (κ3) is 2.89. The molecule has 1 saturated carbocycles. The maximum absolute atomic E-state index is 12.5. The molecule has 1 heterocycles. The molecule has 1 aliphatic heterocycles. The van der Waals surface area contributed by atoms with Crippen molar-refractivity contribution in [3.63, 3.8) is 0 Å². The number of nitrogens with zero attached hydrogens (tertiary/aromatic N) is 1. The molecule has 0 radical (unpaired) electrons. The Labute approximate surface area is 124 Å². The standard InChI is InChI=1S/C16H21NO4/c1-17(15(19)12-3-2-4-14(18)11-12)13-5-7-16(8-6-13)20-9-10-21-16/h2-4,11,13,18H,5-10H2,1H3. The van der Waals surface area contributed by atoms with E-state index in [4.69, 9.17) is 9.47 Å². The summed E-state index contributed by atoms with van der Waals surface area (Å²) in [6, 6.07) is 6.68. The molecule has 1 aliphatic carbocycles. The van der Waals surface area contributed by atoms with E-state index in [0.717, 1.165) is 25.7 Å². The summed E-state index contributed by atoms with van der Waals surface area (Å²) in [7, 11) is 1.82. The second kappa shape index (κ2) is 5.66. The largest absolute Gasteiger partial charge is 0.508 e. The highest BCUT2D eigenvalue weighted by atomic mass is 16.7. The molecule has 0 bridgehead atoms. The Kier molecular flexibility index (Phi) is 3.87. The summed E-state index contributed by atoms with van der Waals surface area (Å²) in [5.41, 5.74) is 0.520. The van der Waals surface area contributed by atoms with Crippen LogP contribution >= 0.6 is 0 Å². The van der Waals surface area contributed by atoms with Crippen molar-refractivity contribution in [2.45, 2.75) is 37.5 Å². The van der Waals surface area contributed by atoms with Gasteiger partial charge in [0, 0.05) is 31.5 Å². The number of aromatic hydroxyl groups is 1.